The zero-order valence-electron chi connectivity index (χ0n) is 19.0. The van der Waals surface area contributed by atoms with Crippen LogP contribution in [0.1, 0.15) is 56.0 Å². The highest BCUT2D eigenvalue weighted by Gasteiger charge is 2.31. The molecule has 3 heterocycles. The summed E-state index contributed by atoms with van der Waals surface area (Å²) < 4.78 is 0. The molecule has 1 saturated heterocycles. The van der Waals surface area contributed by atoms with Gasteiger partial charge in [0.2, 0.25) is 0 Å². The molecule has 1 aromatic heterocycles. The highest BCUT2D eigenvalue weighted by atomic mass is 15.2. The summed E-state index contributed by atoms with van der Waals surface area (Å²) in [6.07, 6.45) is 4.80. The minimum absolute atomic E-state index is 0.316. The zero-order valence-corrected chi connectivity index (χ0v) is 19.0. The molecule has 0 aliphatic carbocycles. The Balaban J connectivity index is 1.39. The van der Waals surface area contributed by atoms with Crippen molar-refractivity contribution in [1.29, 1.82) is 0 Å². The maximum atomic E-state index is 3.78. The molecule has 2 aliphatic heterocycles. The summed E-state index contributed by atoms with van der Waals surface area (Å²) in [7, 11) is 0. The summed E-state index contributed by atoms with van der Waals surface area (Å²) in [5.41, 5.74) is 6.82. The first kappa shape index (κ1) is 20.6. The van der Waals surface area contributed by atoms with E-state index < -0.39 is 0 Å². The lowest BCUT2D eigenvalue weighted by atomic mass is 9.92. The second-order valence-corrected chi connectivity index (χ2v) is 9.30. The Morgan fingerprint density at radius 2 is 1.77 bits per heavy atom. The molecule has 31 heavy (non-hydrogen) atoms. The van der Waals surface area contributed by atoms with Crippen molar-refractivity contribution in [3.63, 3.8) is 0 Å². The van der Waals surface area contributed by atoms with Crippen LogP contribution in [0.3, 0.4) is 0 Å². The number of para-hydroxylation sites is 1. The van der Waals surface area contributed by atoms with Gasteiger partial charge in [-0.2, -0.15) is 0 Å². The number of benzene rings is 2. The number of H-pyrrole nitrogens is 1. The molecule has 1 fully saturated rings. The van der Waals surface area contributed by atoms with E-state index in [4.69, 9.17) is 0 Å². The molecule has 5 rings (SSSR count). The number of rotatable bonds is 7. The molecule has 3 aromatic rings. The van der Waals surface area contributed by atoms with Crippen LogP contribution in [0.5, 0.6) is 0 Å². The van der Waals surface area contributed by atoms with Gasteiger partial charge in [0, 0.05) is 48.0 Å². The summed E-state index contributed by atoms with van der Waals surface area (Å²) in [6, 6.07) is 18.9. The van der Waals surface area contributed by atoms with Crippen molar-refractivity contribution in [2.75, 3.05) is 38.0 Å². The van der Waals surface area contributed by atoms with Gasteiger partial charge in [0.1, 0.15) is 0 Å². The van der Waals surface area contributed by atoms with Crippen LogP contribution in [-0.2, 0) is 6.42 Å². The molecular weight excluding hydrogens is 380 g/mol. The Hall–Kier alpha value is -2.30. The van der Waals surface area contributed by atoms with Gasteiger partial charge in [-0.3, -0.25) is 4.90 Å². The van der Waals surface area contributed by atoms with Gasteiger partial charge < -0.3 is 15.2 Å². The molecular formula is C27H36N4. The zero-order chi connectivity index (χ0) is 21.2. The minimum Gasteiger partial charge on any atom is -0.381 e. The maximum Gasteiger partial charge on any atom is 0.0757 e. The highest BCUT2D eigenvalue weighted by molar-refractivity contribution is 5.85. The van der Waals surface area contributed by atoms with E-state index in [1.165, 1.54) is 72.3 Å². The second-order valence-electron chi connectivity index (χ2n) is 9.30. The van der Waals surface area contributed by atoms with Crippen LogP contribution in [0, 0.1) is 0 Å². The summed E-state index contributed by atoms with van der Waals surface area (Å²) >= 11 is 0. The fraction of sp³-hybridized carbons (Fsp3) is 0.481. The lowest BCUT2D eigenvalue weighted by molar-refractivity contribution is 0.211. The van der Waals surface area contributed by atoms with Crippen LogP contribution >= 0.6 is 0 Å². The molecule has 0 bridgehead atoms. The lowest BCUT2D eigenvalue weighted by Gasteiger charge is -2.36. The van der Waals surface area contributed by atoms with Crippen molar-refractivity contribution in [2.45, 2.75) is 51.6 Å². The third-order valence-corrected chi connectivity index (χ3v) is 7.05. The van der Waals surface area contributed by atoms with Crippen LogP contribution in [0.25, 0.3) is 10.9 Å². The lowest BCUT2D eigenvalue weighted by Crippen LogP contribution is -2.36. The topological polar surface area (TPSA) is 34.3 Å². The average Bonchev–Trinajstić information content (AvgIpc) is 3.39. The number of likely N-dealkylation sites (tertiary alicyclic amines) is 1. The van der Waals surface area contributed by atoms with Gasteiger partial charge >= 0.3 is 0 Å². The van der Waals surface area contributed by atoms with Gasteiger partial charge in [-0.15, -0.1) is 0 Å². The Bertz CT molecular complexity index is 1010. The van der Waals surface area contributed by atoms with Gasteiger partial charge in [0.15, 0.2) is 0 Å². The Morgan fingerprint density at radius 3 is 2.58 bits per heavy atom. The first-order chi connectivity index (χ1) is 15.3. The van der Waals surface area contributed by atoms with Crippen molar-refractivity contribution < 1.29 is 0 Å². The maximum absolute atomic E-state index is 3.78. The van der Waals surface area contributed by atoms with Gasteiger partial charge in [0.25, 0.3) is 0 Å². The monoisotopic (exact) mass is 416 g/mol. The van der Waals surface area contributed by atoms with E-state index in [9.17, 15) is 0 Å². The van der Waals surface area contributed by atoms with E-state index in [1.54, 1.807) is 0 Å². The third-order valence-electron chi connectivity index (χ3n) is 7.05. The molecule has 0 saturated carbocycles. The van der Waals surface area contributed by atoms with Crippen molar-refractivity contribution >= 4 is 16.6 Å². The average molecular weight is 417 g/mol. The number of aromatic nitrogens is 1. The first-order valence-corrected chi connectivity index (χ1v) is 12.2. The van der Waals surface area contributed by atoms with E-state index in [1.807, 2.05) is 0 Å². The predicted molar refractivity (Wildman–Crippen MR) is 131 cm³/mol. The van der Waals surface area contributed by atoms with Gasteiger partial charge in [-0.05, 0) is 68.1 Å². The number of fused-ring (bicyclic) bond motifs is 3. The number of hydrogen-bond acceptors (Lipinski definition) is 3. The predicted octanol–water partition coefficient (Wildman–Crippen LogP) is 5.42. The second kappa shape index (κ2) is 9.05. The molecule has 2 unspecified atom stereocenters. The number of aromatic amines is 1. The Labute approximate surface area is 186 Å². The summed E-state index contributed by atoms with van der Waals surface area (Å²) in [6.45, 7) is 10.4. The standard InChI is InChI=1S/C27H36N4/c1-3-15-30-17-13-22(19-30)28-21-11-9-20(10-12-21)27-26-24(14-18-31(27)16-4-2)23-7-5-6-8-25(23)29-26/h5-12,22,27-29H,3-4,13-19H2,1-2H3. The molecule has 164 valence electrons. The fourth-order valence-corrected chi connectivity index (χ4v) is 5.66. The van der Waals surface area contributed by atoms with Crippen molar-refractivity contribution in [2.24, 2.45) is 0 Å². The quantitative estimate of drug-likeness (QED) is 0.539. The van der Waals surface area contributed by atoms with E-state index in [-0.39, 0.29) is 0 Å². The van der Waals surface area contributed by atoms with Crippen molar-refractivity contribution in [3.8, 4) is 0 Å². The molecule has 4 nitrogen and oxygen atoms in total. The number of anilines is 1. The molecule has 2 N–H and O–H groups in total. The minimum atomic E-state index is 0.316. The summed E-state index contributed by atoms with van der Waals surface area (Å²) in [4.78, 5) is 9.01. The smallest absolute Gasteiger partial charge is 0.0757 e. The third kappa shape index (κ3) is 4.11. The number of nitrogens with zero attached hydrogens (tertiary/aromatic N) is 2. The van der Waals surface area contributed by atoms with Gasteiger partial charge in [-0.1, -0.05) is 44.2 Å². The SMILES string of the molecule is CCCN1CCC(Nc2ccc(C3c4[nH]c5ccccc5c4CCN3CCC)cc2)C1. The normalized spacial score (nSPS) is 22.1. The molecule has 2 aromatic carbocycles. The van der Waals surface area contributed by atoms with Crippen LogP contribution in [-0.4, -0.2) is 53.5 Å². The van der Waals surface area contributed by atoms with Crippen LogP contribution in [0.15, 0.2) is 48.5 Å². The number of nitrogens with one attached hydrogen (secondary N) is 2. The molecule has 4 heteroatoms. The van der Waals surface area contributed by atoms with E-state index in [2.05, 4.69) is 82.5 Å². The van der Waals surface area contributed by atoms with Crippen LogP contribution in [0.4, 0.5) is 5.69 Å². The molecule has 0 radical (unpaired) electrons. The van der Waals surface area contributed by atoms with Gasteiger partial charge in [0.05, 0.1) is 6.04 Å². The van der Waals surface area contributed by atoms with E-state index in [0.29, 0.717) is 12.1 Å². The van der Waals surface area contributed by atoms with E-state index in [0.717, 1.165) is 19.5 Å². The summed E-state index contributed by atoms with van der Waals surface area (Å²) in [5.74, 6) is 0. The molecule has 2 aliphatic rings. The molecule has 0 amide bonds. The number of hydrogen-bond donors (Lipinski definition) is 2. The van der Waals surface area contributed by atoms with E-state index >= 15 is 0 Å². The molecule has 0 spiro atoms. The van der Waals surface area contributed by atoms with Crippen LogP contribution < -0.4 is 5.32 Å². The largest absolute Gasteiger partial charge is 0.381 e. The summed E-state index contributed by atoms with van der Waals surface area (Å²) in [5, 5.41) is 5.17. The first-order valence-electron chi connectivity index (χ1n) is 12.2. The Kier molecular flexibility index (Phi) is 6.02. The van der Waals surface area contributed by atoms with Crippen molar-refractivity contribution in [1.82, 2.24) is 14.8 Å². The van der Waals surface area contributed by atoms with Crippen molar-refractivity contribution in [3.05, 3.63) is 65.4 Å². The highest BCUT2D eigenvalue weighted by Crippen LogP contribution is 2.38. The molecule has 2 atom stereocenters. The fourth-order valence-electron chi connectivity index (χ4n) is 5.66. The van der Waals surface area contributed by atoms with Gasteiger partial charge in [-0.25, -0.2) is 0 Å². The van der Waals surface area contributed by atoms with Crippen LogP contribution in [0.2, 0.25) is 0 Å². The Morgan fingerprint density at radius 1 is 0.968 bits per heavy atom.